The van der Waals surface area contributed by atoms with Crippen LogP contribution >= 0.6 is 0 Å². The van der Waals surface area contributed by atoms with Crippen molar-refractivity contribution in [1.82, 2.24) is 25.1 Å². The summed E-state index contributed by atoms with van der Waals surface area (Å²) in [6.07, 6.45) is 3.29. The van der Waals surface area contributed by atoms with E-state index < -0.39 is 0 Å². The minimum absolute atomic E-state index is 0.0855. The van der Waals surface area contributed by atoms with Crippen molar-refractivity contribution in [3.05, 3.63) is 18.0 Å². The molecular formula is C10H17N5O. The van der Waals surface area contributed by atoms with Gasteiger partial charge < -0.3 is 4.90 Å². The van der Waals surface area contributed by atoms with Crippen molar-refractivity contribution in [3.8, 4) is 0 Å². The van der Waals surface area contributed by atoms with Gasteiger partial charge in [-0.1, -0.05) is 0 Å². The van der Waals surface area contributed by atoms with E-state index in [1.807, 2.05) is 5.01 Å². The van der Waals surface area contributed by atoms with E-state index in [0.29, 0.717) is 5.56 Å². The second kappa shape index (κ2) is 4.63. The SMILES string of the molecule is CN1CCN(NC(=O)c2cnn(C)c2)CC1. The van der Waals surface area contributed by atoms with E-state index in [-0.39, 0.29) is 5.91 Å². The van der Waals surface area contributed by atoms with Gasteiger partial charge in [-0.2, -0.15) is 5.10 Å². The first-order valence-electron chi connectivity index (χ1n) is 5.38. The molecule has 6 nitrogen and oxygen atoms in total. The highest BCUT2D eigenvalue weighted by molar-refractivity contribution is 5.93. The van der Waals surface area contributed by atoms with Crippen LogP contribution in [-0.4, -0.2) is 58.8 Å². The summed E-state index contributed by atoms with van der Waals surface area (Å²) in [6, 6.07) is 0. The molecule has 1 aromatic heterocycles. The summed E-state index contributed by atoms with van der Waals surface area (Å²) in [5, 5.41) is 5.93. The largest absolute Gasteiger partial charge is 0.304 e. The highest BCUT2D eigenvalue weighted by Crippen LogP contribution is 1.99. The molecule has 0 unspecified atom stereocenters. The third kappa shape index (κ3) is 2.59. The number of piperazine rings is 1. The molecule has 6 heteroatoms. The lowest BCUT2D eigenvalue weighted by atomic mass is 10.3. The van der Waals surface area contributed by atoms with E-state index >= 15 is 0 Å². The molecule has 1 aliphatic rings. The highest BCUT2D eigenvalue weighted by atomic mass is 16.2. The monoisotopic (exact) mass is 223 g/mol. The average Bonchev–Trinajstić information content (AvgIpc) is 2.68. The summed E-state index contributed by atoms with van der Waals surface area (Å²) in [5.74, 6) is -0.0855. The van der Waals surface area contributed by atoms with E-state index in [2.05, 4.69) is 22.5 Å². The van der Waals surface area contributed by atoms with Crippen LogP contribution in [0, 0.1) is 0 Å². The van der Waals surface area contributed by atoms with Gasteiger partial charge in [-0.05, 0) is 7.05 Å². The number of hydrogen-bond acceptors (Lipinski definition) is 4. The first kappa shape index (κ1) is 11.1. The summed E-state index contributed by atoms with van der Waals surface area (Å²) >= 11 is 0. The number of nitrogens with one attached hydrogen (secondary N) is 1. The zero-order valence-electron chi connectivity index (χ0n) is 9.68. The zero-order chi connectivity index (χ0) is 11.5. The lowest BCUT2D eigenvalue weighted by Gasteiger charge is -2.32. The van der Waals surface area contributed by atoms with Gasteiger partial charge in [-0.3, -0.25) is 14.9 Å². The molecule has 16 heavy (non-hydrogen) atoms. The van der Waals surface area contributed by atoms with Crippen molar-refractivity contribution in [2.24, 2.45) is 7.05 Å². The number of likely N-dealkylation sites (N-methyl/N-ethyl adjacent to an activating group) is 1. The predicted molar refractivity (Wildman–Crippen MR) is 59.7 cm³/mol. The highest BCUT2D eigenvalue weighted by Gasteiger charge is 2.16. The standard InChI is InChI=1S/C10H17N5O/c1-13-3-5-15(6-4-13)12-10(16)9-7-11-14(2)8-9/h7-8H,3-6H2,1-2H3,(H,12,16). The summed E-state index contributed by atoms with van der Waals surface area (Å²) in [5.41, 5.74) is 3.48. The Morgan fingerprint density at radius 2 is 2.00 bits per heavy atom. The summed E-state index contributed by atoms with van der Waals surface area (Å²) in [7, 11) is 3.88. The van der Waals surface area contributed by atoms with Gasteiger partial charge in [0.25, 0.3) is 5.91 Å². The Hall–Kier alpha value is -1.40. The smallest absolute Gasteiger partial charge is 0.268 e. The Labute approximate surface area is 94.8 Å². The predicted octanol–water partition coefficient (Wildman–Crippen LogP) is -0.688. The van der Waals surface area contributed by atoms with Crippen LogP contribution in [0.15, 0.2) is 12.4 Å². The summed E-state index contributed by atoms with van der Waals surface area (Å²) < 4.78 is 1.62. The van der Waals surface area contributed by atoms with Gasteiger partial charge in [-0.15, -0.1) is 0 Å². The summed E-state index contributed by atoms with van der Waals surface area (Å²) in [6.45, 7) is 3.69. The fourth-order valence-electron chi connectivity index (χ4n) is 1.66. The molecule has 1 N–H and O–H groups in total. The molecule has 1 amide bonds. The Morgan fingerprint density at radius 1 is 1.31 bits per heavy atom. The molecule has 1 fully saturated rings. The molecule has 1 aromatic rings. The van der Waals surface area contributed by atoms with E-state index in [9.17, 15) is 4.79 Å². The van der Waals surface area contributed by atoms with E-state index in [1.165, 1.54) is 0 Å². The van der Waals surface area contributed by atoms with Crippen LogP contribution in [0.25, 0.3) is 0 Å². The molecule has 1 saturated heterocycles. The zero-order valence-corrected chi connectivity index (χ0v) is 9.68. The van der Waals surface area contributed by atoms with E-state index in [1.54, 1.807) is 24.1 Å². The third-order valence-corrected chi connectivity index (χ3v) is 2.73. The quantitative estimate of drug-likeness (QED) is 0.721. The lowest BCUT2D eigenvalue weighted by molar-refractivity contribution is 0.0662. The fourth-order valence-corrected chi connectivity index (χ4v) is 1.66. The molecule has 0 aliphatic carbocycles. The van der Waals surface area contributed by atoms with E-state index in [4.69, 9.17) is 0 Å². The molecule has 2 rings (SSSR count). The minimum Gasteiger partial charge on any atom is -0.304 e. The Balaban J connectivity index is 1.88. The molecule has 0 aromatic carbocycles. The Morgan fingerprint density at radius 3 is 2.56 bits per heavy atom. The number of hydrogen-bond donors (Lipinski definition) is 1. The number of carbonyl (C=O) groups excluding carboxylic acids is 1. The molecule has 1 aliphatic heterocycles. The minimum atomic E-state index is -0.0855. The second-order valence-electron chi connectivity index (χ2n) is 4.13. The maximum Gasteiger partial charge on any atom is 0.268 e. The van der Waals surface area contributed by atoms with Crippen LogP contribution in [0.2, 0.25) is 0 Å². The normalized spacial score (nSPS) is 18.6. The van der Waals surface area contributed by atoms with Crippen LogP contribution in [0.5, 0.6) is 0 Å². The molecule has 2 heterocycles. The number of nitrogens with zero attached hydrogens (tertiary/aromatic N) is 4. The van der Waals surface area contributed by atoms with Gasteiger partial charge >= 0.3 is 0 Å². The average molecular weight is 223 g/mol. The third-order valence-electron chi connectivity index (χ3n) is 2.73. The Bertz CT molecular complexity index is 367. The molecule has 0 saturated carbocycles. The van der Waals surface area contributed by atoms with Gasteiger partial charge in [0.15, 0.2) is 0 Å². The molecule has 0 radical (unpaired) electrons. The maximum atomic E-state index is 11.8. The van der Waals surface area contributed by atoms with Crippen LogP contribution < -0.4 is 5.43 Å². The van der Waals surface area contributed by atoms with Gasteiger partial charge in [0.2, 0.25) is 0 Å². The van der Waals surface area contributed by atoms with Crippen molar-refractivity contribution < 1.29 is 4.79 Å². The maximum absolute atomic E-state index is 11.8. The molecule has 0 spiro atoms. The van der Waals surface area contributed by atoms with Crippen LogP contribution in [0.4, 0.5) is 0 Å². The van der Waals surface area contributed by atoms with Gasteiger partial charge in [0.1, 0.15) is 0 Å². The number of rotatable bonds is 2. The van der Waals surface area contributed by atoms with Crippen molar-refractivity contribution in [2.75, 3.05) is 33.2 Å². The van der Waals surface area contributed by atoms with Gasteiger partial charge in [-0.25, -0.2) is 5.01 Å². The molecule has 0 atom stereocenters. The number of aryl methyl sites for hydroxylation is 1. The number of amides is 1. The Kier molecular flexibility index (Phi) is 3.21. The molecule has 0 bridgehead atoms. The number of carbonyl (C=O) groups is 1. The fraction of sp³-hybridized carbons (Fsp3) is 0.600. The number of hydrazine groups is 1. The first-order chi connectivity index (χ1) is 7.65. The second-order valence-corrected chi connectivity index (χ2v) is 4.13. The van der Waals surface area contributed by atoms with Crippen LogP contribution in [0.3, 0.4) is 0 Å². The van der Waals surface area contributed by atoms with Crippen LogP contribution in [0.1, 0.15) is 10.4 Å². The van der Waals surface area contributed by atoms with Crippen molar-refractivity contribution in [2.45, 2.75) is 0 Å². The number of aromatic nitrogens is 2. The summed E-state index contributed by atoms with van der Waals surface area (Å²) in [4.78, 5) is 14.0. The van der Waals surface area contributed by atoms with Crippen LogP contribution in [-0.2, 0) is 7.05 Å². The lowest BCUT2D eigenvalue weighted by Crippen LogP contribution is -2.52. The van der Waals surface area contributed by atoms with Gasteiger partial charge in [0.05, 0.1) is 11.8 Å². The molecular weight excluding hydrogens is 206 g/mol. The topological polar surface area (TPSA) is 53.4 Å². The van der Waals surface area contributed by atoms with Crippen molar-refractivity contribution >= 4 is 5.91 Å². The van der Waals surface area contributed by atoms with Gasteiger partial charge in [0, 0.05) is 39.4 Å². The first-order valence-corrected chi connectivity index (χ1v) is 5.38. The van der Waals surface area contributed by atoms with Crippen molar-refractivity contribution in [3.63, 3.8) is 0 Å². The van der Waals surface area contributed by atoms with E-state index in [0.717, 1.165) is 26.2 Å². The van der Waals surface area contributed by atoms with Crippen molar-refractivity contribution in [1.29, 1.82) is 0 Å². The molecule has 88 valence electrons.